The molecule has 1 aliphatic rings. The van der Waals surface area contributed by atoms with E-state index in [1.54, 1.807) is 25.4 Å². The van der Waals surface area contributed by atoms with E-state index in [0.717, 1.165) is 48.2 Å². The molecule has 1 fully saturated rings. The summed E-state index contributed by atoms with van der Waals surface area (Å²) < 4.78 is 5.24. The first-order chi connectivity index (χ1) is 11.6. The van der Waals surface area contributed by atoms with Crippen molar-refractivity contribution >= 4 is 17.2 Å². The van der Waals surface area contributed by atoms with Crippen molar-refractivity contribution in [3.8, 4) is 5.75 Å². The van der Waals surface area contributed by atoms with E-state index in [-0.39, 0.29) is 11.9 Å². The molecule has 0 saturated carbocycles. The zero-order chi connectivity index (χ0) is 17.1. The average molecular weight is 345 g/mol. The third kappa shape index (κ3) is 3.76. The standard InChI is InChI=1S/C18H23N3O2S/c1-13-19-16(12-24-13)10-20-8-9-21(14(2)22)18(11-20)15-4-6-17(23-3)7-5-15/h4-7,12,18H,8-11H2,1-3H3/t18-/m1/s1. The number of rotatable bonds is 4. The first kappa shape index (κ1) is 16.9. The van der Waals surface area contributed by atoms with Gasteiger partial charge in [0.1, 0.15) is 5.75 Å². The summed E-state index contributed by atoms with van der Waals surface area (Å²) in [5.74, 6) is 0.957. The molecular formula is C18H23N3O2S. The lowest BCUT2D eigenvalue weighted by atomic mass is 10.0. The molecular weight excluding hydrogens is 322 g/mol. The van der Waals surface area contributed by atoms with E-state index in [9.17, 15) is 4.79 Å². The molecule has 0 unspecified atom stereocenters. The van der Waals surface area contributed by atoms with Gasteiger partial charge in [-0.15, -0.1) is 11.3 Å². The van der Waals surface area contributed by atoms with Crippen molar-refractivity contribution in [3.63, 3.8) is 0 Å². The number of aromatic nitrogens is 1. The highest BCUT2D eigenvalue weighted by atomic mass is 32.1. The SMILES string of the molecule is COc1ccc([C@H]2CN(Cc3csc(C)n3)CCN2C(C)=O)cc1. The fraction of sp³-hybridized carbons (Fsp3) is 0.444. The van der Waals surface area contributed by atoms with Gasteiger partial charge >= 0.3 is 0 Å². The summed E-state index contributed by atoms with van der Waals surface area (Å²) in [5.41, 5.74) is 2.26. The molecule has 24 heavy (non-hydrogen) atoms. The Morgan fingerprint density at radius 2 is 2.08 bits per heavy atom. The minimum Gasteiger partial charge on any atom is -0.497 e. The van der Waals surface area contributed by atoms with Gasteiger partial charge in [-0.05, 0) is 24.6 Å². The lowest BCUT2D eigenvalue weighted by Gasteiger charge is -2.41. The van der Waals surface area contributed by atoms with Crippen molar-refractivity contribution in [1.29, 1.82) is 0 Å². The summed E-state index contributed by atoms with van der Waals surface area (Å²) >= 11 is 1.68. The quantitative estimate of drug-likeness (QED) is 0.855. The van der Waals surface area contributed by atoms with Crippen molar-refractivity contribution < 1.29 is 9.53 Å². The molecule has 1 aromatic heterocycles. The third-order valence-corrected chi connectivity index (χ3v) is 5.24. The number of methoxy groups -OCH3 is 1. The van der Waals surface area contributed by atoms with Crippen molar-refractivity contribution in [2.24, 2.45) is 0 Å². The van der Waals surface area contributed by atoms with Crippen LogP contribution in [0, 0.1) is 6.92 Å². The number of piperazine rings is 1. The molecule has 0 N–H and O–H groups in total. The fourth-order valence-electron chi connectivity index (χ4n) is 3.18. The van der Waals surface area contributed by atoms with Gasteiger partial charge in [-0.1, -0.05) is 12.1 Å². The van der Waals surface area contributed by atoms with Crippen molar-refractivity contribution in [2.75, 3.05) is 26.7 Å². The number of carbonyl (C=O) groups is 1. The molecule has 1 aliphatic heterocycles. The Bertz CT molecular complexity index is 699. The summed E-state index contributed by atoms with van der Waals surface area (Å²) in [6.45, 7) is 6.96. The van der Waals surface area contributed by atoms with Crippen molar-refractivity contribution in [1.82, 2.24) is 14.8 Å². The van der Waals surface area contributed by atoms with Gasteiger partial charge in [0.25, 0.3) is 0 Å². The second-order valence-corrected chi connectivity index (χ2v) is 7.16. The van der Waals surface area contributed by atoms with E-state index in [0.29, 0.717) is 0 Å². The van der Waals surface area contributed by atoms with Gasteiger partial charge in [-0.2, -0.15) is 0 Å². The number of hydrogen-bond donors (Lipinski definition) is 0. The predicted molar refractivity (Wildman–Crippen MR) is 95.3 cm³/mol. The van der Waals surface area contributed by atoms with Gasteiger partial charge in [-0.3, -0.25) is 9.69 Å². The summed E-state index contributed by atoms with van der Waals surface area (Å²) in [7, 11) is 1.66. The monoisotopic (exact) mass is 345 g/mol. The molecule has 1 aromatic carbocycles. The van der Waals surface area contributed by atoms with E-state index < -0.39 is 0 Å². The van der Waals surface area contributed by atoms with E-state index in [1.165, 1.54) is 0 Å². The summed E-state index contributed by atoms with van der Waals surface area (Å²) in [4.78, 5) is 20.9. The average Bonchev–Trinajstić information content (AvgIpc) is 2.99. The minimum absolute atomic E-state index is 0.0712. The number of thiazole rings is 1. The molecule has 0 bridgehead atoms. The van der Waals surface area contributed by atoms with Crippen LogP contribution in [0.2, 0.25) is 0 Å². The highest BCUT2D eigenvalue weighted by molar-refractivity contribution is 7.09. The third-order valence-electron chi connectivity index (χ3n) is 4.42. The van der Waals surface area contributed by atoms with Crippen LogP contribution in [0.1, 0.15) is 29.2 Å². The van der Waals surface area contributed by atoms with E-state index in [1.807, 2.05) is 24.0 Å². The second-order valence-electron chi connectivity index (χ2n) is 6.09. The van der Waals surface area contributed by atoms with Crippen LogP contribution in [0.5, 0.6) is 5.75 Å². The smallest absolute Gasteiger partial charge is 0.220 e. The topological polar surface area (TPSA) is 45.7 Å². The molecule has 1 atom stereocenters. The predicted octanol–water partition coefficient (Wildman–Crippen LogP) is 2.87. The second kappa shape index (κ2) is 7.32. The lowest BCUT2D eigenvalue weighted by Crippen LogP contribution is -2.49. The Morgan fingerprint density at radius 3 is 2.67 bits per heavy atom. The molecule has 1 amide bonds. The summed E-state index contributed by atoms with van der Waals surface area (Å²) in [5, 5.41) is 3.22. The molecule has 0 radical (unpaired) electrons. The number of aryl methyl sites for hydroxylation is 1. The number of benzene rings is 1. The molecule has 0 spiro atoms. The number of amides is 1. The molecule has 5 nitrogen and oxygen atoms in total. The van der Waals surface area contributed by atoms with Gasteiger partial charge in [-0.25, -0.2) is 4.98 Å². The van der Waals surface area contributed by atoms with Crippen LogP contribution in [-0.4, -0.2) is 47.4 Å². The zero-order valence-electron chi connectivity index (χ0n) is 14.4. The largest absolute Gasteiger partial charge is 0.497 e. The zero-order valence-corrected chi connectivity index (χ0v) is 15.2. The Balaban J connectivity index is 1.77. The van der Waals surface area contributed by atoms with Crippen LogP contribution in [0.3, 0.4) is 0 Å². The van der Waals surface area contributed by atoms with Crippen molar-refractivity contribution in [2.45, 2.75) is 26.4 Å². The molecule has 0 aliphatic carbocycles. The first-order valence-electron chi connectivity index (χ1n) is 8.11. The highest BCUT2D eigenvalue weighted by Crippen LogP contribution is 2.28. The molecule has 6 heteroatoms. The number of carbonyl (C=O) groups excluding carboxylic acids is 1. The normalized spacial score (nSPS) is 18.6. The van der Waals surface area contributed by atoms with E-state index >= 15 is 0 Å². The molecule has 3 rings (SSSR count). The van der Waals surface area contributed by atoms with Crippen molar-refractivity contribution in [3.05, 3.63) is 45.9 Å². The van der Waals surface area contributed by atoms with Crippen LogP contribution in [0.25, 0.3) is 0 Å². The maximum absolute atomic E-state index is 12.0. The maximum Gasteiger partial charge on any atom is 0.220 e. The Hall–Kier alpha value is -1.92. The van der Waals surface area contributed by atoms with Gasteiger partial charge < -0.3 is 9.64 Å². The number of hydrogen-bond acceptors (Lipinski definition) is 5. The Morgan fingerprint density at radius 1 is 1.33 bits per heavy atom. The summed E-state index contributed by atoms with van der Waals surface area (Å²) in [6, 6.07) is 8.08. The van der Waals surface area contributed by atoms with Gasteiger partial charge in [0.2, 0.25) is 5.91 Å². The van der Waals surface area contributed by atoms with Crippen LogP contribution >= 0.6 is 11.3 Å². The number of nitrogens with zero attached hydrogens (tertiary/aromatic N) is 3. The van der Waals surface area contributed by atoms with Crippen LogP contribution in [0.4, 0.5) is 0 Å². The molecule has 1 saturated heterocycles. The number of ether oxygens (including phenoxy) is 1. The lowest BCUT2D eigenvalue weighted by molar-refractivity contribution is -0.134. The van der Waals surface area contributed by atoms with Gasteiger partial charge in [0, 0.05) is 38.5 Å². The summed E-state index contributed by atoms with van der Waals surface area (Å²) in [6.07, 6.45) is 0. The highest BCUT2D eigenvalue weighted by Gasteiger charge is 2.30. The molecule has 128 valence electrons. The molecule has 2 heterocycles. The van der Waals surface area contributed by atoms with Crippen LogP contribution < -0.4 is 4.74 Å². The van der Waals surface area contributed by atoms with Gasteiger partial charge in [0.05, 0.1) is 23.9 Å². The minimum atomic E-state index is 0.0712. The van der Waals surface area contributed by atoms with Crippen LogP contribution in [0.15, 0.2) is 29.6 Å². The van der Waals surface area contributed by atoms with Gasteiger partial charge in [0.15, 0.2) is 0 Å². The Labute approximate surface area is 146 Å². The van der Waals surface area contributed by atoms with E-state index in [4.69, 9.17) is 4.74 Å². The fourth-order valence-corrected chi connectivity index (χ4v) is 3.79. The van der Waals surface area contributed by atoms with E-state index in [2.05, 4.69) is 27.4 Å². The maximum atomic E-state index is 12.0. The Kier molecular flexibility index (Phi) is 5.16. The molecule has 2 aromatic rings. The first-order valence-corrected chi connectivity index (χ1v) is 8.99. The van der Waals surface area contributed by atoms with Crippen LogP contribution in [-0.2, 0) is 11.3 Å².